The van der Waals surface area contributed by atoms with Crippen LogP contribution in [-0.4, -0.2) is 52.3 Å². The van der Waals surface area contributed by atoms with E-state index in [2.05, 4.69) is 0 Å². The van der Waals surface area contributed by atoms with Crippen LogP contribution in [0.1, 0.15) is 66.4 Å². The molecule has 0 fully saturated rings. The van der Waals surface area contributed by atoms with Crippen LogP contribution in [0, 0.1) is 0 Å². The van der Waals surface area contributed by atoms with E-state index in [-0.39, 0.29) is 33.8 Å². The fourth-order valence-corrected chi connectivity index (χ4v) is 3.68. The van der Waals surface area contributed by atoms with Crippen molar-refractivity contribution in [3.05, 3.63) is 57.6 Å². The standard InChI is InChI=1S/C23H22O9/c1-23(2)15-7-11(19(24)28-3)13(21(26)30-5)9-17(15)32-18-10-14(22(27)31-6)12(8-16(18)23)20(25)29-4/h7-10H,1-6H3. The summed E-state index contributed by atoms with van der Waals surface area (Å²) in [6.45, 7) is 3.70. The van der Waals surface area contributed by atoms with E-state index < -0.39 is 29.3 Å². The second kappa shape index (κ2) is 8.33. The van der Waals surface area contributed by atoms with Crippen molar-refractivity contribution in [3.63, 3.8) is 0 Å². The van der Waals surface area contributed by atoms with E-state index in [0.29, 0.717) is 11.1 Å². The summed E-state index contributed by atoms with van der Waals surface area (Å²) < 4.78 is 25.2. The first-order chi connectivity index (χ1) is 15.1. The second-order valence-electron chi connectivity index (χ2n) is 7.48. The lowest BCUT2D eigenvalue weighted by molar-refractivity contribution is 0.0554. The average molecular weight is 442 g/mol. The third-order valence-corrected chi connectivity index (χ3v) is 5.43. The summed E-state index contributed by atoms with van der Waals surface area (Å²) in [7, 11) is 4.80. The fraction of sp³-hybridized carbons (Fsp3) is 0.304. The average Bonchev–Trinajstić information content (AvgIpc) is 2.80. The Balaban J connectivity index is 2.30. The summed E-state index contributed by atoms with van der Waals surface area (Å²) in [5.41, 5.74) is 0.306. The van der Waals surface area contributed by atoms with Gasteiger partial charge in [0.1, 0.15) is 11.5 Å². The van der Waals surface area contributed by atoms with E-state index in [1.165, 1.54) is 52.7 Å². The Hall–Kier alpha value is -3.88. The van der Waals surface area contributed by atoms with Gasteiger partial charge in [-0.25, -0.2) is 19.2 Å². The highest BCUT2D eigenvalue weighted by atomic mass is 16.5. The van der Waals surface area contributed by atoms with Gasteiger partial charge in [0.25, 0.3) is 0 Å². The number of esters is 4. The molecule has 0 radical (unpaired) electrons. The van der Waals surface area contributed by atoms with E-state index in [1.807, 2.05) is 13.8 Å². The van der Waals surface area contributed by atoms with Crippen LogP contribution in [0.15, 0.2) is 24.3 Å². The number of carbonyl (C=O) groups excluding carboxylic acids is 4. The zero-order chi connectivity index (χ0) is 23.8. The molecule has 0 amide bonds. The van der Waals surface area contributed by atoms with Crippen molar-refractivity contribution in [2.24, 2.45) is 0 Å². The summed E-state index contributed by atoms with van der Waals surface area (Å²) in [4.78, 5) is 49.3. The maximum absolute atomic E-state index is 12.3. The van der Waals surface area contributed by atoms with Gasteiger partial charge in [0, 0.05) is 16.5 Å². The van der Waals surface area contributed by atoms with E-state index in [9.17, 15) is 19.2 Å². The van der Waals surface area contributed by atoms with Gasteiger partial charge < -0.3 is 23.7 Å². The number of hydrogen-bond donors (Lipinski definition) is 0. The van der Waals surface area contributed by atoms with Crippen LogP contribution < -0.4 is 4.74 Å². The number of methoxy groups -OCH3 is 4. The molecule has 168 valence electrons. The van der Waals surface area contributed by atoms with Crippen molar-refractivity contribution in [3.8, 4) is 11.5 Å². The largest absolute Gasteiger partial charge is 0.465 e. The van der Waals surface area contributed by atoms with Crippen molar-refractivity contribution in [2.45, 2.75) is 19.3 Å². The number of hydrogen-bond acceptors (Lipinski definition) is 9. The number of carbonyl (C=O) groups is 4. The van der Waals surface area contributed by atoms with Gasteiger partial charge in [-0.2, -0.15) is 0 Å². The second-order valence-corrected chi connectivity index (χ2v) is 7.48. The highest BCUT2D eigenvalue weighted by molar-refractivity contribution is 6.05. The van der Waals surface area contributed by atoms with Gasteiger partial charge in [0.15, 0.2) is 0 Å². The summed E-state index contributed by atoms with van der Waals surface area (Å²) >= 11 is 0. The molecule has 32 heavy (non-hydrogen) atoms. The monoisotopic (exact) mass is 442 g/mol. The van der Waals surface area contributed by atoms with Gasteiger partial charge >= 0.3 is 23.9 Å². The number of ether oxygens (including phenoxy) is 5. The van der Waals surface area contributed by atoms with Crippen LogP contribution in [0.25, 0.3) is 0 Å². The normalized spacial score (nSPS) is 13.1. The lowest BCUT2D eigenvalue weighted by atomic mass is 9.74. The Kier molecular flexibility index (Phi) is 5.94. The molecule has 9 nitrogen and oxygen atoms in total. The maximum atomic E-state index is 12.3. The molecule has 0 aromatic heterocycles. The van der Waals surface area contributed by atoms with Crippen LogP contribution in [0.2, 0.25) is 0 Å². The van der Waals surface area contributed by atoms with Crippen LogP contribution in [0.4, 0.5) is 0 Å². The first-order valence-corrected chi connectivity index (χ1v) is 9.48. The molecule has 0 saturated heterocycles. The fourth-order valence-electron chi connectivity index (χ4n) is 3.68. The molecule has 2 aromatic carbocycles. The Morgan fingerprint density at radius 3 is 1.16 bits per heavy atom. The predicted octanol–water partition coefficient (Wildman–Crippen LogP) is 3.26. The molecule has 0 spiro atoms. The van der Waals surface area contributed by atoms with E-state index in [1.54, 1.807) is 0 Å². The third kappa shape index (κ3) is 3.55. The molecule has 0 saturated carbocycles. The van der Waals surface area contributed by atoms with Gasteiger partial charge in [-0.3, -0.25) is 0 Å². The highest BCUT2D eigenvalue weighted by Crippen LogP contribution is 2.49. The topological polar surface area (TPSA) is 114 Å². The molecular weight excluding hydrogens is 420 g/mol. The quantitative estimate of drug-likeness (QED) is 0.520. The number of rotatable bonds is 4. The van der Waals surface area contributed by atoms with Crippen LogP contribution in [0.5, 0.6) is 11.5 Å². The first kappa shape index (κ1) is 22.8. The molecule has 1 aliphatic heterocycles. The minimum atomic E-state index is -0.794. The van der Waals surface area contributed by atoms with Crippen molar-refractivity contribution in [2.75, 3.05) is 28.4 Å². The zero-order valence-electron chi connectivity index (χ0n) is 18.5. The van der Waals surface area contributed by atoms with Crippen molar-refractivity contribution in [1.29, 1.82) is 0 Å². The molecule has 3 rings (SSSR count). The summed E-state index contributed by atoms with van der Waals surface area (Å²) in [5.74, 6) is -2.33. The Morgan fingerprint density at radius 1 is 0.594 bits per heavy atom. The van der Waals surface area contributed by atoms with Crippen molar-refractivity contribution < 1.29 is 42.9 Å². The van der Waals surface area contributed by atoms with E-state index in [0.717, 1.165) is 0 Å². The number of benzene rings is 2. The van der Waals surface area contributed by atoms with Gasteiger partial charge in [0.2, 0.25) is 0 Å². The van der Waals surface area contributed by atoms with Crippen molar-refractivity contribution >= 4 is 23.9 Å². The predicted molar refractivity (Wildman–Crippen MR) is 110 cm³/mol. The van der Waals surface area contributed by atoms with E-state index in [4.69, 9.17) is 23.7 Å². The molecule has 0 unspecified atom stereocenters. The zero-order valence-corrected chi connectivity index (χ0v) is 18.5. The molecule has 1 aliphatic rings. The first-order valence-electron chi connectivity index (χ1n) is 9.48. The molecule has 0 bridgehead atoms. The molecule has 2 aromatic rings. The van der Waals surface area contributed by atoms with Crippen LogP contribution in [-0.2, 0) is 24.4 Å². The summed E-state index contributed by atoms with van der Waals surface area (Å²) in [6.07, 6.45) is 0. The molecule has 0 atom stereocenters. The summed E-state index contributed by atoms with van der Waals surface area (Å²) in [5, 5.41) is 0. The van der Waals surface area contributed by atoms with Crippen molar-refractivity contribution in [1.82, 2.24) is 0 Å². The maximum Gasteiger partial charge on any atom is 0.338 e. The van der Waals surface area contributed by atoms with Crippen LogP contribution in [0.3, 0.4) is 0 Å². The molecular formula is C23H22O9. The van der Waals surface area contributed by atoms with Gasteiger partial charge in [-0.15, -0.1) is 0 Å². The van der Waals surface area contributed by atoms with Gasteiger partial charge in [-0.1, -0.05) is 13.8 Å². The van der Waals surface area contributed by atoms with E-state index >= 15 is 0 Å². The molecule has 0 N–H and O–H groups in total. The lowest BCUT2D eigenvalue weighted by Gasteiger charge is -2.35. The lowest BCUT2D eigenvalue weighted by Crippen LogP contribution is -2.27. The molecule has 9 heteroatoms. The third-order valence-electron chi connectivity index (χ3n) is 5.43. The Morgan fingerprint density at radius 2 is 0.875 bits per heavy atom. The van der Waals surface area contributed by atoms with Gasteiger partial charge in [0.05, 0.1) is 50.7 Å². The van der Waals surface area contributed by atoms with Gasteiger partial charge in [-0.05, 0) is 24.3 Å². The Labute approximate surface area is 184 Å². The highest BCUT2D eigenvalue weighted by Gasteiger charge is 2.38. The Bertz CT molecular complexity index is 1060. The molecule has 1 heterocycles. The van der Waals surface area contributed by atoms with Crippen LogP contribution >= 0.6 is 0 Å². The minimum Gasteiger partial charge on any atom is -0.465 e. The SMILES string of the molecule is COC(=O)c1cc2c(cc1C(=O)OC)C(C)(C)c1cc(C(=O)OC)c(C(=O)OC)cc1O2. The number of fused-ring (bicyclic) bond motifs is 2. The minimum absolute atomic E-state index is 0.0117. The molecule has 0 aliphatic carbocycles. The summed E-state index contributed by atoms with van der Waals surface area (Å²) in [6, 6.07) is 5.79. The smallest absolute Gasteiger partial charge is 0.338 e.